The van der Waals surface area contributed by atoms with Crippen LogP contribution in [-0.4, -0.2) is 54.2 Å². The van der Waals surface area contributed by atoms with E-state index in [1.807, 2.05) is 0 Å². The highest BCUT2D eigenvalue weighted by atomic mass is 16.4. The highest BCUT2D eigenvalue weighted by molar-refractivity contribution is 5.75. The van der Waals surface area contributed by atoms with E-state index in [1.165, 1.54) is 0 Å². The highest BCUT2D eigenvalue weighted by Crippen LogP contribution is 2.25. The second kappa shape index (κ2) is 8.87. The molecule has 2 amide bonds. The molecule has 0 aromatic rings. The van der Waals surface area contributed by atoms with Crippen LogP contribution in [-0.2, 0) is 4.79 Å². The van der Waals surface area contributed by atoms with Gasteiger partial charge in [-0.2, -0.15) is 0 Å². The van der Waals surface area contributed by atoms with Gasteiger partial charge in [0.25, 0.3) is 0 Å². The lowest BCUT2D eigenvalue weighted by atomic mass is 10.1. The second-order valence-electron chi connectivity index (χ2n) is 6.23. The van der Waals surface area contributed by atoms with Crippen LogP contribution in [0.3, 0.4) is 0 Å². The summed E-state index contributed by atoms with van der Waals surface area (Å²) in [5.41, 5.74) is 0. The molecule has 0 spiro atoms. The first kappa shape index (κ1) is 17.8. The number of amides is 2. The fraction of sp³-hybridized carbons (Fsp3) is 0.867. The molecule has 0 aromatic carbocycles. The zero-order valence-corrected chi connectivity index (χ0v) is 13.4. The molecule has 0 saturated heterocycles. The number of urea groups is 1. The van der Waals surface area contributed by atoms with Gasteiger partial charge in [0.2, 0.25) is 0 Å². The number of hydrogen-bond acceptors (Lipinski definition) is 3. The van der Waals surface area contributed by atoms with Crippen LogP contribution in [0.5, 0.6) is 0 Å². The number of nitrogens with one attached hydrogen (secondary N) is 2. The van der Waals surface area contributed by atoms with Crippen molar-refractivity contribution in [1.82, 2.24) is 15.5 Å². The molecule has 3 N–H and O–H groups in total. The highest BCUT2D eigenvalue weighted by Gasteiger charge is 2.30. The zero-order valence-electron chi connectivity index (χ0n) is 13.4. The van der Waals surface area contributed by atoms with Crippen molar-refractivity contribution in [2.45, 2.75) is 58.0 Å². The van der Waals surface area contributed by atoms with E-state index in [2.05, 4.69) is 36.4 Å². The van der Waals surface area contributed by atoms with E-state index in [1.54, 1.807) is 0 Å². The molecule has 6 nitrogen and oxygen atoms in total. The Bertz CT molecular complexity index is 347. The van der Waals surface area contributed by atoms with E-state index < -0.39 is 5.97 Å². The van der Waals surface area contributed by atoms with Gasteiger partial charge in [0, 0.05) is 18.6 Å². The summed E-state index contributed by atoms with van der Waals surface area (Å²) < 4.78 is 0. The number of carboxylic acid groups (broad SMARTS) is 1. The lowest BCUT2D eigenvalue weighted by molar-refractivity contribution is -0.141. The van der Waals surface area contributed by atoms with Gasteiger partial charge >= 0.3 is 12.0 Å². The van der Waals surface area contributed by atoms with E-state index in [9.17, 15) is 9.59 Å². The van der Waals surface area contributed by atoms with Gasteiger partial charge < -0.3 is 20.6 Å². The van der Waals surface area contributed by atoms with Crippen molar-refractivity contribution in [1.29, 1.82) is 0 Å². The average molecular weight is 299 g/mol. The lowest BCUT2D eigenvalue weighted by Crippen LogP contribution is -2.41. The van der Waals surface area contributed by atoms with Crippen LogP contribution in [0, 0.1) is 5.92 Å². The fourth-order valence-electron chi connectivity index (χ4n) is 2.52. The Morgan fingerprint density at radius 2 is 2.00 bits per heavy atom. The molecule has 0 bridgehead atoms. The molecule has 6 heteroatoms. The molecule has 0 aliphatic heterocycles. The van der Waals surface area contributed by atoms with Gasteiger partial charge in [0.05, 0.1) is 5.92 Å². The first-order valence-electron chi connectivity index (χ1n) is 7.87. The SMILES string of the molecule is CC(C)N(C)CCCCNC(=O)N[C@H]1CC[C@@H](C(=O)O)C1. The van der Waals surface area contributed by atoms with Crippen LogP contribution in [0.15, 0.2) is 0 Å². The summed E-state index contributed by atoms with van der Waals surface area (Å²) in [6, 6.07) is 0.368. The third-order valence-corrected chi connectivity index (χ3v) is 4.22. The summed E-state index contributed by atoms with van der Waals surface area (Å²) in [5, 5.41) is 14.6. The molecule has 122 valence electrons. The Hall–Kier alpha value is -1.30. The quantitative estimate of drug-likeness (QED) is 0.595. The Morgan fingerprint density at radius 3 is 2.57 bits per heavy atom. The Morgan fingerprint density at radius 1 is 1.29 bits per heavy atom. The van der Waals surface area contributed by atoms with Gasteiger partial charge in [-0.3, -0.25) is 4.79 Å². The van der Waals surface area contributed by atoms with Crippen LogP contribution in [0.1, 0.15) is 46.0 Å². The molecule has 0 radical (unpaired) electrons. The van der Waals surface area contributed by atoms with E-state index in [0.717, 1.165) is 25.8 Å². The van der Waals surface area contributed by atoms with Gasteiger partial charge in [-0.15, -0.1) is 0 Å². The summed E-state index contributed by atoms with van der Waals surface area (Å²) >= 11 is 0. The third-order valence-electron chi connectivity index (χ3n) is 4.22. The molecule has 1 aliphatic carbocycles. The Labute approximate surface area is 127 Å². The third kappa shape index (κ3) is 6.80. The number of nitrogens with zero attached hydrogens (tertiary/aromatic N) is 1. The molecule has 0 aromatic heterocycles. The maximum Gasteiger partial charge on any atom is 0.315 e. The molecule has 1 fully saturated rings. The molecule has 1 rings (SSSR count). The minimum Gasteiger partial charge on any atom is -0.481 e. The van der Waals surface area contributed by atoms with Crippen molar-refractivity contribution in [2.24, 2.45) is 5.92 Å². The normalized spacial score (nSPS) is 21.8. The Kier molecular flexibility index (Phi) is 7.50. The van der Waals surface area contributed by atoms with Crippen molar-refractivity contribution < 1.29 is 14.7 Å². The number of rotatable bonds is 8. The maximum atomic E-state index is 11.7. The second-order valence-corrected chi connectivity index (χ2v) is 6.23. The van der Waals surface area contributed by atoms with Gasteiger partial charge in [-0.25, -0.2) is 4.79 Å². The molecule has 1 aliphatic rings. The Balaban J connectivity index is 2.06. The molecule has 21 heavy (non-hydrogen) atoms. The number of unbranched alkanes of at least 4 members (excludes halogenated alkanes) is 1. The van der Waals surface area contributed by atoms with Crippen LogP contribution in [0.25, 0.3) is 0 Å². The minimum atomic E-state index is -0.756. The topological polar surface area (TPSA) is 81.7 Å². The van der Waals surface area contributed by atoms with Crippen molar-refractivity contribution in [3.63, 3.8) is 0 Å². The average Bonchev–Trinajstić information content (AvgIpc) is 2.86. The van der Waals surface area contributed by atoms with E-state index >= 15 is 0 Å². The van der Waals surface area contributed by atoms with Gasteiger partial charge in [-0.05, 0) is 59.5 Å². The summed E-state index contributed by atoms with van der Waals surface area (Å²) in [4.78, 5) is 24.8. The summed E-state index contributed by atoms with van der Waals surface area (Å²) in [7, 11) is 2.10. The zero-order chi connectivity index (χ0) is 15.8. The fourth-order valence-corrected chi connectivity index (χ4v) is 2.52. The maximum absolute atomic E-state index is 11.7. The number of carbonyl (C=O) groups is 2. The number of carbonyl (C=O) groups excluding carboxylic acids is 1. The van der Waals surface area contributed by atoms with Crippen LogP contribution in [0.4, 0.5) is 4.79 Å². The van der Waals surface area contributed by atoms with Crippen molar-refractivity contribution in [3.8, 4) is 0 Å². The molecule has 0 unspecified atom stereocenters. The van der Waals surface area contributed by atoms with Crippen molar-refractivity contribution >= 4 is 12.0 Å². The van der Waals surface area contributed by atoms with Gasteiger partial charge in [0.1, 0.15) is 0 Å². The lowest BCUT2D eigenvalue weighted by Gasteiger charge is -2.20. The molecule has 1 saturated carbocycles. The van der Waals surface area contributed by atoms with Gasteiger partial charge in [0.15, 0.2) is 0 Å². The van der Waals surface area contributed by atoms with Crippen LogP contribution in [0.2, 0.25) is 0 Å². The summed E-state index contributed by atoms with van der Waals surface area (Å²) in [5.74, 6) is -1.06. The van der Waals surface area contributed by atoms with Crippen LogP contribution < -0.4 is 10.6 Å². The number of aliphatic carboxylic acids is 1. The summed E-state index contributed by atoms with van der Waals surface area (Å²) in [6.07, 6.45) is 3.96. The van der Waals surface area contributed by atoms with Gasteiger partial charge in [-0.1, -0.05) is 0 Å². The van der Waals surface area contributed by atoms with E-state index in [0.29, 0.717) is 25.4 Å². The molecule has 2 atom stereocenters. The summed E-state index contributed by atoms with van der Waals surface area (Å²) in [6.45, 7) is 6.02. The van der Waals surface area contributed by atoms with Crippen molar-refractivity contribution in [3.05, 3.63) is 0 Å². The van der Waals surface area contributed by atoms with E-state index in [-0.39, 0.29) is 18.0 Å². The minimum absolute atomic E-state index is 0.00169. The predicted octanol–water partition coefficient (Wildman–Crippen LogP) is 1.66. The number of hydrogen-bond donors (Lipinski definition) is 3. The first-order chi connectivity index (χ1) is 9.90. The van der Waals surface area contributed by atoms with E-state index in [4.69, 9.17) is 5.11 Å². The monoisotopic (exact) mass is 299 g/mol. The van der Waals surface area contributed by atoms with Crippen molar-refractivity contribution in [2.75, 3.05) is 20.1 Å². The molecular weight excluding hydrogens is 270 g/mol. The smallest absolute Gasteiger partial charge is 0.315 e. The molecule has 0 heterocycles. The predicted molar refractivity (Wildman–Crippen MR) is 82.3 cm³/mol. The first-order valence-corrected chi connectivity index (χ1v) is 7.87. The number of carboxylic acids is 1. The largest absolute Gasteiger partial charge is 0.481 e. The standard InChI is InChI=1S/C15H29N3O3/c1-11(2)18(3)9-5-4-8-16-15(21)17-13-7-6-12(10-13)14(19)20/h11-13H,4-10H2,1-3H3,(H,19,20)(H2,16,17,21)/t12-,13+/m1/s1. The van der Waals surface area contributed by atoms with Crippen LogP contribution >= 0.6 is 0 Å². The molecular formula is C15H29N3O3.